The number of amides is 1. The lowest BCUT2D eigenvalue weighted by Crippen LogP contribution is -2.18. The molecule has 1 amide bonds. The van der Waals surface area contributed by atoms with E-state index in [0.29, 0.717) is 5.13 Å². The first-order valence-corrected chi connectivity index (χ1v) is 7.09. The number of carbonyl (C=O) groups is 1. The second-order valence-electron chi connectivity index (χ2n) is 4.68. The molecule has 0 atom stereocenters. The van der Waals surface area contributed by atoms with Crippen molar-refractivity contribution in [3.63, 3.8) is 0 Å². The van der Waals surface area contributed by atoms with Crippen LogP contribution in [-0.4, -0.2) is 20.7 Å². The summed E-state index contributed by atoms with van der Waals surface area (Å²) in [6.45, 7) is 4.18. The third-order valence-corrected chi connectivity index (χ3v) is 3.77. The van der Waals surface area contributed by atoms with Gasteiger partial charge >= 0.3 is 0 Å². The molecule has 6 heteroatoms. The van der Waals surface area contributed by atoms with Crippen LogP contribution in [-0.2, 0) is 11.3 Å². The molecule has 5 nitrogen and oxygen atoms in total. The van der Waals surface area contributed by atoms with Gasteiger partial charge in [-0.15, -0.1) is 10.2 Å². The molecule has 0 aliphatic rings. The average Bonchev–Trinajstić information content (AvgIpc) is 2.96. The van der Waals surface area contributed by atoms with E-state index in [2.05, 4.69) is 28.5 Å². The molecule has 2 aromatic heterocycles. The molecule has 0 radical (unpaired) electrons. The normalized spacial score (nSPS) is 10.9. The quantitative estimate of drug-likeness (QED) is 0.805. The molecule has 0 aliphatic carbocycles. The number of nitrogens with one attached hydrogen (secondary N) is 1. The number of anilines is 1. The summed E-state index contributed by atoms with van der Waals surface area (Å²) in [5, 5.41) is 13.0. The van der Waals surface area contributed by atoms with Gasteiger partial charge in [0.2, 0.25) is 11.0 Å². The lowest BCUT2D eigenvalue weighted by atomic mass is 10.2. The number of aromatic nitrogens is 3. The van der Waals surface area contributed by atoms with Crippen LogP contribution < -0.4 is 5.32 Å². The van der Waals surface area contributed by atoms with E-state index in [4.69, 9.17) is 0 Å². The molecule has 0 unspecified atom stereocenters. The van der Waals surface area contributed by atoms with Gasteiger partial charge in [0.25, 0.3) is 0 Å². The Hall–Kier alpha value is -2.21. The van der Waals surface area contributed by atoms with E-state index in [0.717, 1.165) is 15.9 Å². The predicted molar refractivity (Wildman–Crippen MR) is 80.0 cm³/mol. The fourth-order valence-corrected chi connectivity index (χ4v) is 2.73. The molecular formula is C14H14N4OS. The van der Waals surface area contributed by atoms with Gasteiger partial charge in [-0.2, -0.15) is 0 Å². The lowest BCUT2D eigenvalue weighted by molar-refractivity contribution is -0.116. The summed E-state index contributed by atoms with van der Waals surface area (Å²) >= 11 is 1.37. The molecule has 3 rings (SSSR count). The van der Waals surface area contributed by atoms with Gasteiger partial charge in [-0.3, -0.25) is 10.1 Å². The molecule has 0 spiro atoms. The van der Waals surface area contributed by atoms with Crippen LogP contribution in [0.2, 0.25) is 0 Å². The summed E-state index contributed by atoms with van der Waals surface area (Å²) in [5.41, 5.74) is 2.27. The van der Waals surface area contributed by atoms with Crippen LogP contribution in [0.4, 0.5) is 5.13 Å². The summed E-state index contributed by atoms with van der Waals surface area (Å²) < 4.78 is 1.93. The van der Waals surface area contributed by atoms with E-state index >= 15 is 0 Å². The van der Waals surface area contributed by atoms with Crippen LogP contribution in [0.1, 0.15) is 10.6 Å². The second-order valence-corrected chi connectivity index (χ2v) is 5.86. The van der Waals surface area contributed by atoms with Crippen molar-refractivity contribution in [1.82, 2.24) is 14.8 Å². The maximum absolute atomic E-state index is 12.0. The minimum Gasteiger partial charge on any atom is -0.338 e. The van der Waals surface area contributed by atoms with E-state index in [1.165, 1.54) is 16.9 Å². The average molecular weight is 286 g/mol. The van der Waals surface area contributed by atoms with Gasteiger partial charge in [0.15, 0.2) is 0 Å². The molecule has 2 heterocycles. The second kappa shape index (κ2) is 5.05. The van der Waals surface area contributed by atoms with Crippen LogP contribution in [0.25, 0.3) is 10.9 Å². The van der Waals surface area contributed by atoms with Gasteiger partial charge in [-0.05, 0) is 37.4 Å². The number of aryl methyl sites for hydroxylation is 2. The minimum atomic E-state index is -0.0979. The number of hydrogen-bond acceptors (Lipinski definition) is 4. The van der Waals surface area contributed by atoms with E-state index < -0.39 is 0 Å². The number of hydrogen-bond donors (Lipinski definition) is 1. The standard InChI is InChI=1S/C14H14N4OS/c1-9-3-4-12-11(7-9)5-6-18(12)8-13(19)15-14-17-16-10(2)20-14/h3-7H,8H2,1-2H3,(H,15,17,19). The zero-order valence-corrected chi connectivity index (χ0v) is 12.1. The molecule has 0 bridgehead atoms. The number of nitrogens with zero attached hydrogens (tertiary/aromatic N) is 3. The molecular weight excluding hydrogens is 272 g/mol. The lowest BCUT2D eigenvalue weighted by Gasteiger charge is -2.05. The fraction of sp³-hybridized carbons (Fsp3) is 0.214. The van der Waals surface area contributed by atoms with Crippen molar-refractivity contribution >= 4 is 33.3 Å². The molecule has 3 aromatic rings. The molecule has 0 saturated carbocycles. The third kappa shape index (κ3) is 2.55. The summed E-state index contributed by atoms with van der Waals surface area (Å²) in [6.07, 6.45) is 1.93. The molecule has 0 saturated heterocycles. The maximum Gasteiger partial charge on any atom is 0.246 e. The Bertz CT molecular complexity index is 774. The summed E-state index contributed by atoms with van der Waals surface area (Å²) in [6, 6.07) is 8.21. The van der Waals surface area contributed by atoms with Crippen molar-refractivity contribution < 1.29 is 4.79 Å². The van der Waals surface area contributed by atoms with Gasteiger partial charge in [0.05, 0.1) is 0 Å². The molecule has 1 aromatic carbocycles. The first-order chi connectivity index (χ1) is 9.61. The maximum atomic E-state index is 12.0. The van der Waals surface area contributed by atoms with Crippen LogP contribution >= 0.6 is 11.3 Å². The smallest absolute Gasteiger partial charge is 0.246 e. The topological polar surface area (TPSA) is 59.8 Å². The number of carbonyl (C=O) groups excluding carboxylic acids is 1. The highest BCUT2D eigenvalue weighted by Gasteiger charge is 2.09. The highest BCUT2D eigenvalue weighted by Crippen LogP contribution is 2.18. The van der Waals surface area contributed by atoms with Gasteiger partial charge in [0, 0.05) is 11.7 Å². The predicted octanol–water partition coefficient (Wildman–Crippen LogP) is 2.75. The van der Waals surface area contributed by atoms with Crippen molar-refractivity contribution in [1.29, 1.82) is 0 Å². The molecule has 1 N–H and O–H groups in total. The molecule has 20 heavy (non-hydrogen) atoms. The van der Waals surface area contributed by atoms with Crippen LogP contribution in [0, 0.1) is 13.8 Å². The zero-order chi connectivity index (χ0) is 14.1. The SMILES string of the molecule is Cc1ccc2c(ccn2CC(=O)Nc2nnc(C)s2)c1. The largest absolute Gasteiger partial charge is 0.338 e. The van der Waals surface area contributed by atoms with E-state index in [9.17, 15) is 4.79 Å². The molecule has 0 aliphatic heterocycles. The summed E-state index contributed by atoms with van der Waals surface area (Å²) in [4.78, 5) is 12.0. The third-order valence-electron chi connectivity index (χ3n) is 3.01. The Morgan fingerprint density at radius 3 is 2.90 bits per heavy atom. The van der Waals surface area contributed by atoms with Gasteiger partial charge in [0.1, 0.15) is 11.6 Å². The van der Waals surface area contributed by atoms with Gasteiger partial charge < -0.3 is 4.57 Å². The molecule has 102 valence electrons. The van der Waals surface area contributed by atoms with Crippen LogP contribution in [0.15, 0.2) is 30.5 Å². The fourth-order valence-electron chi connectivity index (χ4n) is 2.12. The molecule has 0 fully saturated rings. The van der Waals surface area contributed by atoms with Crippen molar-refractivity contribution in [3.8, 4) is 0 Å². The number of benzene rings is 1. The number of rotatable bonds is 3. The summed E-state index contributed by atoms with van der Waals surface area (Å²) in [7, 11) is 0. The van der Waals surface area contributed by atoms with Crippen LogP contribution in [0.5, 0.6) is 0 Å². The zero-order valence-electron chi connectivity index (χ0n) is 11.3. The number of fused-ring (bicyclic) bond motifs is 1. The van der Waals surface area contributed by atoms with E-state index in [1.54, 1.807) is 0 Å². The van der Waals surface area contributed by atoms with Crippen molar-refractivity contribution in [2.45, 2.75) is 20.4 Å². The first kappa shape index (κ1) is 12.8. The van der Waals surface area contributed by atoms with Crippen molar-refractivity contribution in [2.75, 3.05) is 5.32 Å². The Balaban J connectivity index is 1.77. The van der Waals surface area contributed by atoms with Gasteiger partial charge in [-0.25, -0.2) is 0 Å². The van der Waals surface area contributed by atoms with Crippen molar-refractivity contribution in [3.05, 3.63) is 41.0 Å². The van der Waals surface area contributed by atoms with E-state index in [-0.39, 0.29) is 12.5 Å². The van der Waals surface area contributed by atoms with Crippen LogP contribution in [0.3, 0.4) is 0 Å². The Kier molecular flexibility index (Phi) is 3.23. The Labute approximate surface area is 120 Å². The highest BCUT2D eigenvalue weighted by atomic mass is 32.1. The van der Waals surface area contributed by atoms with Gasteiger partial charge in [-0.1, -0.05) is 23.0 Å². The minimum absolute atomic E-state index is 0.0979. The van der Waals surface area contributed by atoms with Crippen molar-refractivity contribution in [2.24, 2.45) is 0 Å². The van der Waals surface area contributed by atoms with E-state index in [1.807, 2.05) is 35.9 Å². The highest BCUT2D eigenvalue weighted by molar-refractivity contribution is 7.15. The summed E-state index contributed by atoms with van der Waals surface area (Å²) in [5.74, 6) is -0.0979. The monoisotopic (exact) mass is 286 g/mol. The first-order valence-electron chi connectivity index (χ1n) is 6.27. The Morgan fingerprint density at radius 2 is 2.15 bits per heavy atom. The Morgan fingerprint density at radius 1 is 1.30 bits per heavy atom.